The fourth-order valence-corrected chi connectivity index (χ4v) is 8.57. The number of rotatable bonds is 13. The van der Waals surface area contributed by atoms with Gasteiger partial charge < -0.3 is 14.8 Å². The van der Waals surface area contributed by atoms with E-state index in [0.29, 0.717) is 12.0 Å². The first-order valence-corrected chi connectivity index (χ1v) is 18.6. The highest BCUT2D eigenvalue weighted by atomic mass is 32.2. The highest BCUT2D eigenvalue weighted by molar-refractivity contribution is 7.98. The molecule has 6 rings (SSSR count). The summed E-state index contributed by atoms with van der Waals surface area (Å²) in [5, 5.41) is 4.42. The van der Waals surface area contributed by atoms with Gasteiger partial charge in [0.25, 0.3) is 0 Å². The second kappa shape index (κ2) is 14.4. The van der Waals surface area contributed by atoms with Crippen molar-refractivity contribution in [1.29, 1.82) is 0 Å². The Balaban J connectivity index is 1.18. The molecule has 0 aliphatic heterocycles. The Kier molecular flexibility index (Phi) is 10.1. The Hall–Kier alpha value is -3.71. The lowest BCUT2D eigenvalue weighted by Crippen LogP contribution is -2.30. The molecule has 0 saturated heterocycles. The number of benzene rings is 3. The van der Waals surface area contributed by atoms with Crippen LogP contribution in [-0.2, 0) is 29.5 Å². The SMILES string of the molecule is COc1ccc(CN(Cc2ccc(OC)cc2)S(=O)(=O)c2ccc3nc(N[C@H]4CC[C@H](Cc5ncc(SC)cn5)C4)sc3c2)cc1. The fourth-order valence-electron chi connectivity index (χ4n) is 5.75. The van der Waals surface area contributed by atoms with Gasteiger partial charge in [0, 0.05) is 42.8 Å². The minimum absolute atomic E-state index is 0.210. The number of fused-ring (bicyclic) bond motifs is 1. The highest BCUT2D eigenvalue weighted by Crippen LogP contribution is 2.34. The third kappa shape index (κ3) is 7.63. The number of hydrogen-bond acceptors (Lipinski definition) is 10. The number of thiazole rings is 1. The topological polar surface area (TPSA) is 107 Å². The second-order valence-corrected chi connectivity index (χ2v) is 15.2. The summed E-state index contributed by atoms with van der Waals surface area (Å²) in [6, 6.07) is 20.4. The largest absolute Gasteiger partial charge is 0.497 e. The lowest BCUT2D eigenvalue weighted by atomic mass is 10.0. The lowest BCUT2D eigenvalue weighted by Gasteiger charge is -2.23. The Morgan fingerprint density at radius 3 is 2.13 bits per heavy atom. The quantitative estimate of drug-likeness (QED) is 0.132. The van der Waals surface area contributed by atoms with Crippen molar-refractivity contribution in [2.24, 2.45) is 5.92 Å². The molecule has 2 aromatic heterocycles. The van der Waals surface area contributed by atoms with Crippen molar-refractivity contribution >= 4 is 48.5 Å². The molecule has 5 aromatic rings. The Labute approximate surface area is 278 Å². The van der Waals surface area contributed by atoms with Crippen LogP contribution in [0.5, 0.6) is 11.5 Å². The van der Waals surface area contributed by atoms with Crippen LogP contribution in [0.1, 0.15) is 36.2 Å². The number of methoxy groups -OCH3 is 2. The molecule has 1 aliphatic carbocycles. The number of thioether (sulfide) groups is 1. The van der Waals surface area contributed by atoms with Crippen molar-refractivity contribution < 1.29 is 17.9 Å². The van der Waals surface area contributed by atoms with Gasteiger partial charge in [0.2, 0.25) is 10.0 Å². The van der Waals surface area contributed by atoms with Crippen LogP contribution in [0.4, 0.5) is 5.13 Å². The van der Waals surface area contributed by atoms with Gasteiger partial charge in [0.15, 0.2) is 5.13 Å². The van der Waals surface area contributed by atoms with E-state index in [9.17, 15) is 8.42 Å². The van der Waals surface area contributed by atoms with Gasteiger partial charge in [0.1, 0.15) is 17.3 Å². The number of nitrogens with one attached hydrogen (secondary N) is 1. The third-order valence-electron chi connectivity index (χ3n) is 8.29. The minimum atomic E-state index is -3.86. The van der Waals surface area contributed by atoms with Gasteiger partial charge in [-0.2, -0.15) is 4.31 Å². The van der Waals surface area contributed by atoms with Crippen LogP contribution in [0.2, 0.25) is 0 Å². The van der Waals surface area contributed by atoms with E-state index in [1.165, 1.54) is 15.6 Å². The van der Waals surface area contributed by atoms with Crippen LogP contribution in [0.3, 0.4) is 0 Å². The number of aromatic nitrogens is 3. The molecule has 2 heterocycles. The molecule has 9 nitrogen and oxygen atoms in total. The average Bonchev–Trinajstić information content (AvgIpc) is 3.70. The molecule has 3 aromatic carbocycles. The van der Waals surface area contributed by atoms with E-state index in [1.807, 2.05) is 67.2 Å². The van der Waals surface area contributed by atoms with Gasteiger partial charge in [-0.05, 0) is 85.0 Å². The van der Waals surface area contributed by atoms with Crippen LogP contribution < -0.4 is 14.8 Å². The van der Waals surface area contributed by atoms with Crippen molar-refractivity contribution in [2.45, 2.75) is 54.6 Å². The van der Waals surface area contributed by atoms with Gasteiger partial charge in [-0.3, -0.25) is 0 Å². The average molecular weight is 676 g/mol. The van der Waals surface area contributed by atoms with Crippen molar-refractivity contribution in [3.8, 4) is 11.5 Å². The van der Waals surface area contributed by atoms with E-state index in [-0.39, 0.29) is 18.0 Å². The van der Waals surface area contributed by atoms with E-state index in [0.717, 1.165) is 74.4 Å². The first-order chi connectivity index (χ1) is 22.3. The number of hydrogen-bond donors (Lipinski definition) is 1. The van der Waals surface area contributed by atoms with Gasteiger partial charge >= 0.3 is 0 Å². The van der Waals surface area contributed by atoms with Gasteiger partial charge in [-0.15, -0.1) is 11.8 Å². The van der Waals surface area contributed by atoms with Crippen molar-refractivity contribution in [1.82, 2.24) is 19.3 Å². The molecule has 2 atom stereocenters. The molecular formula is C34H37N5O4S3. The molecule has 240 valence electrons. The summed E-state index contributed by atoms with van der Waals surface area (Å²) in [5.41, 5.74) is 2.50. The zero-order valence-corrected chi connectivity index (χ0v) is 28.5. The molecule has 0 radical (unpaired) electrons. The molecule has 12 heteroatoms. The first-order valence-electron chi connectivity index (χ1n) is 15.1. The molecule has 1 saturated carbocycles. The Morgan fingerprint density at radius 2 is 1.54 bits per heavy atom. The van der Waals surface area contributed by atoms with Crippen molar-refractivity contribution in [3.05, 3.63) is 96.1 Å². The van der Waals surface area contributed by atoms with E-state index in [4.69, 9.17) is 14.5 Å². The van der Waals surface area contributed by atoms with Crippen LogP contribution in [0.25, 0.3) is 10.2 Å². The highest BCUT2D eigenvalue weighted by Gasteiger charge is 2.28. The van der Waals surface area contributed by atoms with E-state index >= 15 is 0 Å². The molecule has 0 amide bonds. The zero-order valence-electron chi connectivity index (χ0n) is 26.0. The van der Waals surface area contributed by atoms with Crippen LogP contribution in [0.15, 0.2) is 88.9 Å². The van der Waals surface area contributed by atoms with E-state index < -0.39 is 10.0 Å². The number of sulfonamides is 1. The van der Waals surface area contributed by atoms with E-state index in [1.54, 1.807) is 44.2 Å². The summed E-state index contributed by atoms with van der Waals surface area (Å²) < 4.78 is 41.3. The third-order valence-corrected chi connectivity index (χ3v) is 11.7. The van der Waals surface area contributed by atoms with E-state index in [2.05, 4.69) is 15.3 Å². The molecule has 1 fully saturated rings. The summed E-state index contributed by atoms with van der Waals surface area (Å²) in [4.78, 5) is 15.2. The molecule has 0 unspecified atom stereocenters. The zero-order chi connectivity index (χ0) is 32.1. The predicted molar refractivity (Wildman–Crippen MR) is 184 cm³/mol. The maximum Gasteiger partial charge on any atom is 0.243 e. The summed E-state index contributed by atoms with van der Waals surface area (Å²) in [7, 11) is -0.639. The molecule has 1 N–H and O–H groups in total. The maximum atomic E-state index is 14.2. The van der Waals surface area contributed by atoms with Crippen LogP contribution in [0, 0.1) is 5.92 Å². The Morgan fingerprint density at radius 1 is 0.913 bits per heavy atom. The smallest absolute Gasteiger partial charge is 0.243 e. The second-order valence-electron chi connectivity index (χ2n) is 11.4. The molecule has 1 aliphatic rings. The van der Waals surface area contributed by atoms with Gasteiger partial charge in [-0.25, -0.2) is 23.4 Å². The molecular weight excluding hydrogens is 639 g/mol. The van der Waals surface area contributed by atoms with Crippen molar-refractivity contribution in [3.63, 3.8) is 0 Å². The van der Waals surface area contributed by atoms with Crippen LogP contribution >= 0.6 is 23.1 Å². The first kappa shape index (κ1) is 32.2. The maximum absolute atomic E-state index is 14.2. The standard InChI is InChI=1S/C34H37N5O4S3/c1-42-27-10-5-23(6-11-27)21-39(22-24-7-12-28(43-2)13-8-24)46(40,41)30-14-15-31-32(18-30)45-34(38-31)37-26-9-4-25(16-26)17-33-35-19-29(44-3)20-36-33/h5-8,10-15,18-20,25-26H,4,9,16-17,21-22H2,1-3H3,(H,37,38)/t25-,26-/m0/s1. The number of nitrogens with zero attached hydrogens (tertiary/aromatic N) is 4. The van der Waals surface area contributed by atoms with Gasteiger partial charge in [0.05, 0.1) is 29.3 Å². The fraction of sp³-hybridized carbons (Fsp3) is 0.324. The molecule has 0 bridgehead atoms. The van der Waals surface area contributed by atoms with Gasteiger partial charge in [-0.1, -0.05) is 35.6 Å². The summed E-state index contributed by atoms with van der Waals surface area (Å²) in [5.74, 6) is 2.85. The Bertz CT molecular complexity index is 1810. The number of ether oxygens (including phenoxy) is 2. The predicted octanol–water partition coefficient (Wildman–Crippen LogP) is 7.04. The lowest BCUT2D eigenvalue weighted by molar-refractivity contribution is 0.397. The number of anilines is 1. The monoisotopic (exact) mass is 675 g/mol. The normalized spacial score (nSPS) is 16.6. The minimum Gasteiger partial charge on any atom is -0.497 e. The van der Waals surface area contributed by atoms with Crippen molar-refractivity contribution in [2.75, 3.05) is 25.8 Å². The summed E-state index contributed by atoms with van der Waals surface area (Å²) >= 11 is 3.14. The molecule has 0 spiro atoms. The molecule has 46 heavy (non-hydrogen) atoms. The summed E-state index contributed by atoms with van der Waals surface area (Å²) in [6.07, 6.45) is 9.86. The van der Waals surface area contributed by atoms with Crippen LogP contribution in [-0.4, -0.2) is 54.2 Å². The summed E-state index contributed by atoms with van der Waals surface area (Å²) in [6.45, 7) is 0.420.